The van der Waals surface area contributed by atoms with E-state index in [2.05, 4.69) is 25.3 Å². The van der Waals surface area contributed by atoms with Crippen molar-refractivity contribution in [1.82, 2.24) is 30.3 Å². The molecule has 9 nitrogen and oxygen atoms in total. The lowest BCUT2D eigenvalue weighted by atomic mass is 10.1. The van der Waals surface area contributed by atoms with Gasteiger partial charge in [-0.2, -0.15) is 5.06 Å². The highest BCUT2D eigenvalue weighted by atomic mass is 19.1. The highest BCUT2D eigenvalue weighted by molar-refractivity contribution is 5.91. The molecule has 0 bridgehead atoms. The first kappa shape index (κ1) is 20.8. The van der Waals surface area contributed by atoms with Crippen molar-refractivity contribution in [3.05, 3.63) is 69.4 Å². The number of nitrogens with one attached hydrogen (secondary N) is 2. The number of hydrogen-bond acceptors (Lipinski definition) is 7. The highest BCUT2D eigenvalue weighted by Gasteiger charge is 2.19. The minimum absolute atomic E-state index is 0.0967. The molecule has 0 saturated carbocycles. The van der Waals surface area contributed by atoms with E-state index in [0.29, 0.717) is 35.4 Å². The first-order valence-corrected chi connectivity index (χ1v) is 9.81. The van der Waals surface area contributed by atoms with Crippen LogP contribution in [0.4, 0.5) is 4.39 Å². The molecule has 0 fully saturated rings. The van der Waals surface area contributed by atoms with Crippen LogP contribution in [0.25, 0.3) is 16.6 Å². The third kappa shape index (κ3) is 4.21. The molecule has 0 radical (unpaired) electrons. The fourth-order valence-corrected chi connectivity index (χ4v) is 3.27. The minimum atomic E-state index is -0.515. The molecule has 3 aromatic rings. The number of halogens is 1. The lowest BCUT2D eigenvalue weighted by molar-refractivity contribution is -0.151. The summed E-state index contributed by atoms with van der Waals surface area (Å²) in [4.78, 5) is 44.5. The molecule has 1 amide bonds. The molecular formula is C21H21FN6O3. The van der Waals surface area contributed by atoms with Crippen LogP contribution in [0.5, 0.6) is 0 Å². The van der Waals surface area contributed by atoms with Crippen LogP contribution in [0.2, 0.25) is 0 Å². The molecule has 1 aliphatic rings. The van der Waals surface area contributed by atoms with Gasteiger partial charge in [-0.05, 0) is 12.5 Å². The van der Waals surface area contributed by atoms with Crippen molar-refractivity contribution in [2.45, 2.75) is 19.9 Å². The number of fused-ring (bicyclic) bond motifs is 1. The summed E-state index contributed by atoms with van der Waals surface area (Å²) in [6.07, 6.45) is 5.32. The molecule has 2 N–H and O–H groups in total. The number of aryl methyl sites for hydroxylation is 1. The molecule has 0 saturated heterocycles. The van der Waals surface area contributed by atoms with E-state index in [1.165, 1.54) is 19.4 Å². The SMILES string of the molecule is CCc1nc2ccc(CN3CC=C(c4cnc(C(=O)NC)cn4)CO3)c(F)c2[nH]c1=O. The molecular weight excluding hydrogens is 403 g/mol. The quantitative estimate of drug-likeness (QED) is 0.640. The van der Waals surface area contributed by atoms with E-state index in [1.807, 2.05) is 13.0 Å². The number of aromatic nitrogens is 4. The van der Waals surface area contributed by atoms with Gasteiger partial charge in [-0.25, -0.2) is 14.4 Å². The van der Waals surface area contributed by atoms with Crippen LogP contribution in [0, 0.1) is 5.82 Å². The monoisotopic (exact) mass is 424 g/mol. The van der Waals surface area contributed by atoms with Crippen molar-refractivity contribution in [2.24, 2.45) is 0 Å². The first-order valence-electron chi connectivity index (χ1n) is 9.81. The van der Waals surface area contributed by atoms with Gasteiger partial charge in [-0.1, -0.05) is 19.1 Å². The van der Waals surface area contributed by atoms with E-state index >= 15 is 0 Å². The number of nitrogens with zero attached hydrogens (tertiary/aromatic N) is 4. The fraction of sp³-hybridized carbons (Fsp3) is 0.286. The zero-order chi connectivity index (χ0) is 22.0. The summed E-state index contributed by atoms with van der Waals surface area (Å²) < 4.78 is 15.0. The second-order valence-corrected chi connectivity index (χ2v) is 6.99. The number of carbonyl (C=O) groups is 1. The van der Waals surface area contributed by atoms with Crippen molar-refractivity contribution < 1.29 is 14.0 Å². The Morgan fingerprint density at radius 1 is 1.32 bits per heavy atom. The molecule has 1 aromatic carbocycles. The van der Waals surface area contributed by atoms with Crippen LogP contribution >= 0.6 is 0 Å². The molecule has 0 unspecified atom stereocenters. The van der Waals surface area contributed by atoms with Gasteiger partial charge in [0.2, 0.25) is 0 Å². The summed E-state index contributed by atoms with van der Waals surface area (Å²) in [6, 6.07) is 3.34. The van der Waals surface area contributed by atoms with Crippen LogP contribution in [0.1, 0.15) is 34.4 Å². The Hall–Kier alpha value is -3.50. The molecule has 31 heavy (non-hydrogen) atoms. The van der Waals surface area contributed by atoms with E-state index in [9.17, 15) is 14.0 Å². The average Bonchev–Trinajstić information content (AvgIpc) is 2.81. The average molecular weight is 424 g/mol. The summed E-state index contributed by atoms with van der Waals surface area (Å²) in [6.45, 7) is 2.67. The normalized spacial score (nSPS) is 14.5. The second-order valence-electron chi connectivity index (χ2n) is 6.99. The van der Waals surface area contributed by atoms with Gasteiger partial charge in [0.05, 0.1) is 36.8 Å². The molecule has 0 atom stereocenters. The first-order chi connectivity index (χ1) is 15.0. The number of amides is 1. The summed E-state index contributed by atoms with van der Waals surface area (Å²) in [5.41, 5.74) is 2.57. The number of hydrogen-bond donors (Lipinski definition) is 2. The maximum atomic E-state index is 15.0. The Morgan fingerprint density at radius 3 is 2.81 bits per heavy atom. The van der Waals surface area contributed by atoms with Gasteiger partial charge in [0.1, 0.15) is 16.9 Å². The molecule has 0 spiro atoms. The molecule has 160 valence electrons. The van der Waals surface area contributed by atoms with Gasteiger partial charge in [0.15, 0.2) is 5.82 Å². The molecule has 0 aliphatic carbocycles. The van der Waals surface area contributed by atoms with E-state index in [0.717, 1.165) is 5.57 Å². The Bertz CT molecular complexity index is 1220. The molecule has 2 aromatic heterocycles. The number of carbonyl (C=O) groups excluding carboxylic acids is 1. The smallest absolute Gasteiger partial charge is 0.271 e. The summed E-state index contributed by atoms with van der Waals surface area (Å²) in [5.74, 6) is -0.822. The summed E-state index contributed by atoms with van der Waals surface area (Å²) >= 11 is 0. The van der Waals surface area contributed by atoms with E-state index < -0.39 is 5.82 Å². The van der Waals surface area contributed by atoms with Gasteiger partial charge < -0.3 is 10.3 Å². The Balaban J connectivity index is 1.49. The molecule has 1 aliphatic heterocycles. The van der Waals surface area contributed by atoms with Crippen molar-refractivity contribution in [2.75, 3.05) is 20.2 Å². The fourth-order valence-electron chi connectivity index (χ4n) is 3.27. The zero-order valence-electron chi connectivity index (χ0n) is 17.1. The third-order valence-corrected chi connectivity index (χ3v) is 5.02. The van der Waals surface area contributed by atoms with Gasteiger partial charge >= 0.3 is 0 Å². The van der Waals surface area contributed by atoms with E-state index in [-0.39, 0.29) is 35.8 Å². The van der Waals surface area contributed by atoms with Crippen LogP contribution in [0.3, 0.4) is 0 Å². The highest BCUT2D eigenvalue weighted by Crippen LogP contribution is 2.22. The van der Waals surface area contributed by atoms with Crippen molar-refractivity contribution in [1.29, 1.82) is 0 Å². The van der Waals surface area contributed by atoms with Crippen LogP contribution in [0.15, 0.2) is 35.4 Å². The molecule has 10 heteroatoms. The topological polar surface area (TPSA) is 113 Å². The predicted molar refractivity (Wildman–Crippen MR) is 111 cm³/mol. The molecule has 3 heterocycles. The van der Waals surface area contributed by atoms with Crippen molar-refractivity contribution >= 4 is 22.5 Å². The number of H-pyrrole nitrogens is 1. The lowest BCUT2D eigenvalue weighted by Crippen LogP contribution is -2.29. The largest absolute Gasteiger partial charge is 0.354 e. The predicted octanol–water partition coefficient (Wildman–Crippen LogP) is 1.60. The second kappa shape index (κ2) is 8.70. The van der Waals surface area contributed by atoms with Crippen LogP contribution < -0.4 is 10.9 Å². The standard InChI is InChI=1S/C21H21FN6O3/c1-3-14-21(30)27-19-15(26-14)5-4-12(18(19)22)10-28-7-6-13(11-31-28)16-8-25-17(9-24-16)20(29)23-2/h4-6,8-9H,3,7,10-11H2,1-2H3,(H,23,29)(H,27,30). The van der Waals surface area contributed by atoms with Crippen molar-refractivity contribution in [3.63, 3.8) is 0 Å². The number of rotatable bonds is 5. The Morgan fingerprint density at radius 2 is 2.16 bits per heavy atom. The van der Waals surface area contributed by atoms with Gasteiger partial charge in [0.25, 0.3) is 11.5 Å². The van der Waals surface area contributed by atoms with Gasteiger partial charge in [0, 0.05) is 24.7 Å². The van der Waals surface area contributed by atoms with E-state index in [4.69, 9.17) is 4.84 Å². The maximum Gasteiger partial charge on any atom is 0.271 e. The maximum absolute atomic E-state index is 15.0. The zero-order valence-corrected chi connectivity index (χ0v) is 17.1. The summed E-state index contributed by atoms with van der Waals surface area (Å²) in [5, 5.41) is 4.11. The number of aromatic amines is 1. The Labute approximate surface area is 177 Å². The van der Waals surface area contributed by atoms with Crippen LogP contribution in [-0.2, 0) is 17.8 Å². The minimum Gasteiger partial charge on any atom is -0.354 e. The molecule has 4 rings (SSSR count). The van der Waals surface area contributed by atoms with Gasteiger partial charge in [-0.15, -0.1) is 0 Å². The van der Waals surface area contributed by atoms with Crippen LogP contribution in [-0.4, -0.2) is 51.1 Å². The Kier molecular flexibility index (Phi) is 5.83. The number of benzene rings is 1. The van der Waals surface area contributed by atoms with Gasteiger partial charge in [-0.3, -0.25) is 19.4 Å². The third-order valence-electron chi connectivity index (χ3n) is 5.02. The van der Waals surface area contributed by atoms with E-state index in [1.54, 1.807) is 17.2 Å². The summed E-state index contributed by atoms with van der Waals surface area (Å²) in [7, 11) is 1.53. The lowest BCUT2D eigenvalue weighted by Gasteiger charge is -2.26. The van der Waals surface area contributed by atoms with Crippen molar-refractivity contribution in [3.8, 4) is 0 Å². The number of hydroxylamine groups is 2.